The predicted octanol–water partition coefficient (Wildman–Crippen LogP) is 4.44. The molecule has 5 heteroatoms. The van der Waals surface area contributed by atoms with Crippen molar-refractivity contribution in [1.29, 1.82) is 0 Å². The van der Waals surface area contributed by atoms with Gasteiger partial charge in [-0.1, -0.05) is 17.7 Å². The lowest BCUT2D eigenvalue weighted by Gasteiger charge is -2.17. The number of ether oxygens (including phenoxy) is 2. The normalized spacial score (nSPS) is 17.7. The van der Waals surface area contributed by atoms with E-state index in [2.05, 4.69) is 0 Å². The summed E-state index contributed by atoms with van der Waals surface area (Å²) >= 11 is 7.65. The van der Waals surface area contributed by atoms with Gasteiger partial charge in [-0.15, -0.1) is 11.8 Å². The number of halogens is 1. The fourth-order valence-electron chi connectivity index (χ4n) is 2.51. The molecule has 0 bridgehead atoms. The first kappa shape index (κ1) is 13.7. The second-order valence-corrected chi connectivity index (χ2v) is 6.49. The molecule has 0 aliphatic carbocycles. The fourth-order valence-corrected chi connectivity index (χ4v) is 3.68. The molecular formula is C17H11ClO3S. The summed E-state index contributed by atoms with van der Waals surface area (Å²) in [7, 11) is 0. The van der Waals surface area contributed by atoms with Gasteiger partial charge in [0.05, 0.1) is 0 Å². The van der Waals surface area contributed by atoms with Gasteiger partial charge >= 0.3 is 0 Å². The fraction of sp³-hybridized carbons (Fsp3) is 0.118. The molecule has 2 aromatic rings. The summed E-state index contributed by atoms with van der Waals surface area (Å²) in [6.07, 6.45) is 1.90. The van der Waals surface area contributed by atoms with Crippen molar-refractivity contribution in [3.05, 3.63) is 58.1 Å². The predicted molar refractivity (Wildman–Crippen MR) is 87.0 cm³/mol. The average Bonchev–Trinajstić information content (AvgIpc) is 2.98. The summed E-state index contributed by atoms with van der Waals surface area (Å²) in [6, 6.07) is 11.1. The van der Waals surface area contributed by atoms with Crippen LogP contribution in [0.3, 0.4) is 0 Å². The van der Waals surface area contributed by atoms with Crippen molar-refractivity contribution in [3.8, 4) is 11.5 Å². The zero-order valence-corrected chi connectivity index (χ0v) is 13.0. The van der Waals surface area contributed by atoms with E-state index in [4.69, 9.17) is 21.1 Å². The van der Waals surface area contributed by atoms with Crippen LogP contribution in [0.25, 0.3) is 6.08 Å². The summed E-state index contributed by atoms with van der Waals surface area (Å²) in [4.78, 5) is 13.6. The van der Waals surface area contributed by atoms with Gasteiger partial charge in [-0.2, -0.15) is 0 Å². The lowest BCUT2D eigenvalue weighted by Crippen LogP contribution is -2.12. The number of carbonyl (C=O) groups is 1. The van der Waals surface area contributed by atoms with E-state index in [0.29, 0.717) is 22.1 Å². The maximum atomic E-state index is 12.6. The SMILES string of the molecule is O=C1/C(=C/c2ccc3c(c2)OCO3)CSc2ccc(Cl)cc21. The van der Waals surface area contributed by atoms with Crippen molar-refractivity contribution in [3.63, 3.8) is 0 Å². The first-order valence-electron chi connectivity index (χ1n) is 6.78. The Labute approximate surface area is 136 Å². The van der Waals surface area contributed by atoms with E-state index >= 15 is 0 Å². The molecule has 110 valence electrons. The van der Waals surface area contributed by atoms with Crippen LogP contribution in [0.4, 0.5) is 0 Å². The molecule has 0 atom stereocenters. The van der Waals surface area contributed by atoms with Crippen LogP contribution in [0.15, 0.2) is 46.9 Å². The molecule has 2 aliphatic heterocycles. The summed E-state index contributed by atoms with van der Waals surface area (Å²) in [5, 5.41) is 0.581. The van der Waals surface area contributed by atoms with Gasteiger partial charge in [-0.3, -0.25) is 4.79 Å². The highest BCUT2D eigenvalue weighted by Crippen LogP contribution is 2.36. The number of hydrogen-bond donors (Lipinski definition) is 0. The number of rotatable bonds is 1. The Morgan fingerprint density at radius 1 is 1.09 bits per heavy atom. The van der Waals surface area contributed by atoms with Crippen LogP contribution >= 0.6 is 23.4 Å². The Morgan fingerprint density at radius 3 is 2.86 bits per heavy atom. The number of benzene rings is 2. The number of thioether (sulfide) groups is 1. The molecule has 4 rings (SSSR count). The molecular weight excluding hydrogens is 320 g/mol. The van der Waals surface area contributed by atoms with Crippen molar-refractivity contribution >= 4 is 35.2 Å². The van der Waals surface area contributed by atoms with Crippen LogP contribution in [0.1, 0.15) is 15.9 Å². The Morgan fingerprint density at radius 2 is 1.95 bits per heavy atom. The third-order valence-electron chi connectivity index (χ3n) is 3.60. The van der Waals surface area contributed by atoms with Crippen molar-refractivity contribution in [2.45, 2.75) is 4.90 Å². The van der Waals surface area contributed by atoms with Crippen LogP contribution in [0.2, 0.25) is 5.02 Å². The maximum absolute atomic E-state index is 12.6. The molecule has 0 saturated carbocycles. The van der Waals surface area contributed by atoms with Crippen LogP contribution in [0, 0.1) is 0 Å². The van der Waals surface area contributed by atoms with E-state index in [0.717, 1.165) is 21.8 Å². The van der Waals surface area contributed by atoms with Crippen molar-refractivity contribution in [1.82, 2.24) is 0 Å². The largest absolute Gasteiger partial charge is 0.454 e. The number of ketones is 1. The second-order valence-electron chi connectivity index (χ2n) is 5.04. The Kier molecular flexibility index (Phi) is 3.36. The minimum atomic E-state index is 0.0360. The lowest BCUT2D eigenvalue weighted by molar-refractivity contribution is 0.103. The van der Waals surface area contributed by atoms with E-state index in [1.165, 1.54) is 0 Å². The summed E-state index contributed by atoms with van der Waals surface area (Å²) in [5.41, 5.74) is 2.37. The second kappa shape index (κ2) is 5.38. The van der Waals surface area contributed by atoms with Crippen molar-refractivity contribution < 1.29 is 14.3 Å². The first-order valence-corrected chi connectivity index (χ1v) is 8.14. The van der Waals surface area contributed by atoms with E-state index in [1.54, 1.807) is 17.8 Å². The molecule has 2 aromatic carbocycles. The molecule has 0 N–H and O–H groups in total. The van der Waals surface area contributed by atoms with E-state index in [9.17, 15) is 4.79 Å². The minimum Gasteiger partial charge on any atom is -0.454 e. The Bertz CT molecular complexity index is 814. The van der Waals surface area contributed by atoms with Crippen molar-refractivity contribution in [2.24, 2.45) is 0 Å². The minimum absolute atomic E-state index is 0.0360. The Hall–Kier alpha value is -1.91. The van der Waals surface area contributed by atoms with Crippen molar-refractivity contribution in [2.75, 3.05) is 12.5 Å². The highest BCUT2D eigenvalue weighted by atomic mass is 35.5. The van der Waals surface area contributed by atoms with Crippen LogP contribution in [0.5, 0.6) is 11.5 Å². The maximum Gasteiger partial charge on any atom is 0.231 e. The zero-order chi connectivity index (χ0) is 15.1. The topological polar surface area (TPSA) is 35.5 Å². The van der Waals surface area contributed by atoms with Gasteiger partial charge < -0.3 is 9.47 Å². The third-order valence-corrected chi connectivity index (χ3v) is 4.96. The highest BCUT2D eigenvalue weighted by Gasteiger charge is 2.23. The molecule has 2 heterocycles. The molecule has 3 nitrogen and oxygen atoms in total. The number of hydrogen-bond acceptors (Lipinski definition) is 4. The highest BCUT2D eigenvalue weighted by molar-refractivity contribution is 7.99. The first-order chi connectivity index (χ1) is 10.7. The number of carbonyl (C=O) groups excluding carboxylic acids is 1. The van der Waals surface area contributed by atoms with Gasteiger partial charge in [0.15, 0.2) is 17.3 Å². The molecule has 2 aliphatic rings. The van der Waals surface area contributed by atoms with E-state index < -0.39 is 0 Å². The zero-order valence-electron chi connectivity index (χ0n) is 11.5. The van der Waals surface area contributed by atoms with E-state index in [-0.39, 0.29) is 12.6 Å². The van der Waals surface area contributed by atoms with Gasteiger partial charge in [-0.25, -0.2) is 0 Å². The molecule has 0 radical (unpaired) electrons. The van der Waals surface area contributed by atoms with Gasteiger partial charge in [-0.05, 0) is 42.0 Å². The summed E-state index contributed by atoms with van der Waals surface area (Å²) < 4.78 is 10.7. The van der Waals surface area contributed by atoms with Gasteiger partial charge in [0.25, 0.3) is 0 Å². The van der Waals surface area contributed by atoms with Gasteiger partial charge in [0, 0.05) is 26.8 Å². The average molecular weight is 331 g/mol. The van der Waals surface area contributed by atoms with Crippen LogP contribution in [-0.2, 0) is 0 Å². The molecule has 0 unspecified atom stereocenters. The molecule has 0 aromatic heterocycles. The number of fused-ring (bicyclic) bond motifs is 2. The molecule has 22 heavy (non-hydrogen) atoms. The monoisotopic (exact) mass is 330 g/mol. The molecule has 0 spiro atoms. The summed E-state index contributed by atoms with van der Waals surface area (Å²) in [5.74, 6) is 2.15. The summed E-state index contributed by atoms with van der Waals surface area (Å²) in [6.45, 7) is 0.246. The van der Waals surface area contributed by atoms with E-state index in [1.807, 2.05) is 36.4 Å². The smallest absolute Gasteiger partial charge is 0.231 e. The Balaban J connectivity index is 1.70. The molecule has 0 saturated heterocycles. The molecule has 0 fully saturated rings. The molecule has 0 amide bonds. The standard InChI is InChI=1S/C17H11ClO3S/c18-12-2-4-16-13(7-12)17(19)11(8-22-16)5-10-1-3-14-15(6-10)21-9-20-14/h1-7H,8-9H2/b11-5+. The number of Topliss-reactive ketones (excluding diaryl/α,β-unsaturated/α-hetero) is 1. The third kappa shape index (κ3) is 2.38. The van der Waals surface area contributed by atoms with Crippen LogP contribution < -0.4 is 9.47 Å². The van der Waals surface area contributed by atoms with Gasteiger partial charge in [0.1, 0.15) is 0 Å². The quantitative estimate of drug-likeness (QED) is 0.724. The van der Waals surface area contributed by atoms with Crippen LogP contribution in [-0.4, -0.2) is 18.3 Å². The lowest BCUT2D eigenvalue weighted by atomic mass is 10.0. The van der Waals surface area contributed by atoms with Gasteiger partial charge in [0.2, 0.25) is 6.79 Å².